The molecule has 0 saturated heterocycles. The van der Waals surface area contributed by atoms with Gasteiger partial charge < -0.3 is 5.32 Å². The Morgan fingerprint density at radius 1 is 1.39 bits per heavy atom. The van der Waals surface area contributed by atoms with Crippen molar-refractivity contribution in [1.29, 1.82) is 0 Å². The molecule has 18 heavy (non-hydrogen) atoms. The van der Waals surface area contributed by atoms with Crippen LogP contribution in [0.1, 0.15) is 24.2 Å². The molecular weight excluding hydrogens is 250 g/mol. The first-order valence-electron chi connectivity index (χ1n) is 6.00. The minimum atomic E-state index is 0.635. The van der Waals surface area contributed by atoms with Gasteiger partial charge in [-0.3, -0.25) is 0 Å². The maximum absolute atomic E-state index is 5.96. The Bertz CT molecular complexity index is 525. The summed E-state index contributed by atoms with van der Waals surface area (Å²) >= 11 is 5.96. The normalized spacial score (nSPS) is 15.0. The minimum absolute atomic E-state index is 0.635. The third kappa shape index (κ3) is 2.52. The van der Waals surface area contributed by atoms with Gasteiger partial charge in [0.25, 0.3) is 0 Å². The van der Waals surface area contributed by atoms with Gasteiger partial charge in [0.2, 0.25) is 0 Å². The fourth-order valence-electron chi connectivity index (χ4n) is 1.66. The molecule has 1 aliphatic carbocycles. The third-order valence-electron chi connectivity index (χ3n) is 2.93. The van der Waals surface area contributed by atoms with Gasteiger partial charge >= 0.3 is 0 Å². The second-order valence-electron chi connectivity index (χ2n) is 4.55. The lowest BCUT2D eigenvalue weighted by molar-refractivity contribution is 0.661. The summed E-state index contributed by atoms with van der Waals surface area (Å²) in [5, 5.41) is 16.6. The minimum Gasteiger partial charge on any atom is -0.308 e. The Kier molecular flexibility index (Phi) is 3.01. The lowest BCUT2D eigenvalue weighted by Gasteiger charge is -2.03. The standard InChI is InChI=1S/C12H14ClN5/c1-8-11(13)7-18(17-8)12-5-4-10(15-16-12)6-14-9-2-3-9/h4-5,7,9,14H,2-3,6H2,1H3. The van der Waals surface area contributed by atoms with Crippen molar-refractivity contribution < 1.29 is 0 Å². The number of hydrogen-bond acceptors (Lipinski definition) is 4. The first-order valence-corrected chi connectivity index (χ1v) is 6.38. The van der Waals surface area contributed by atoms with Crippen molar-refractivity contribution in [3.8, 4) is 5.82 Å². The molecule has 0 aliphatic heterocycles. The number of hydrogen-bond donors (Lipinski definition) is 1. The van der Waals surface area contributed by atoms with E-state index in [2.05, 4.69) is 20.6 Å². The van der Waals surface area contributed by atoms with Crippen LogP contribution in [0.4, 0.5) is 0 Å². The van der Waals surface area contributed by atoms with Crippen molar-refractivity contribution in [2.24, 2.45) is 0 Å². The van der Waals surface area contributed by atoms with Crippen LogP contribution in [0.5, 0.6) is 0 Å². The SMILES string of the molecule is Cc1nn(-c2ccc(CNC3CC3)nn2)cc1Cl. The molecule has 0 unspecified atom stereocenters. The third-order valence-corrected chi connectivity index (χ3v) is 3.30. The molecule has 0 atom stereocenters. The van der Waals surface area contributed by atoms with E-state index in [9.17, 15) is 0 Å². The van der Waals surface area contributed by atoms with Gasteiger partial charge in [0.05, 0.1) is 22.6 Å². The number of rotatable bonds is 4. The van der Waals surface area contributed by atoms with Crippen molar-refractivity contribution in [3.05, 3.63) is 34.7 Å². The maximum atomic E-state index is 5.96. The molecule has 1 saturated carbocycles. The number of halogens is 1. The lowest BCUT2D eigenvalue weighted by atomic mass is 10.4. The highest BCUT2D eigenvalue weighted by molar-refractivity contribution is 6.31. The summed E-state index contributed by atoms with van der Waals surface area (Å²) in [6.07, 6.45) is 4.29. The van der Waals surface area contributed by atoms with Gasteiger partial charge in [-0.1, -0.05) is 11.6 Å². The van der Waals surface area contributed by atoms with E-state index in [0.717, 1.165) is 17.9 Å². The van der Waals surface area contributed by atoms with Crippen LogP contribution in [-0.2, 0) is 6.54 Å². The van der Waals surface area contributed by atoms with Crippen molar-refractivity contribution in [1.82, 2.24) is 25.3 Å². The Labute approximate surface area is 110 Å². The van der Waals surface area contributed by atoms with Crippen LogP contribution >= 0.6 is 11.6 Å². The van der Waals surface area contributed by atoms with Crippen LogP contribution in [0, 0.1) is 6.92 Å². The molecular formula is C12H14ClN5. The molecule has 5 nitrogen and oxygen atoms in total. The Balaban J connectivity index is 1.73. The Morgan fingerprint density at radius 2 is 2.22 bits per heavy atom. The topological polar surface area (TPSA) is 55.6 Å². The largest absolute Gasteiger partial charge is 0.308 e. The molecule has 6 heteroatoms. The Morgan fingerprint density at radius 3 is 2.78 bits per heavy atom. The molecule has 0 radical (unpaired) electrons. The zero-order chi connectivity index (χ0) is 12.5. The summed E-state index contributed by atoms with van der Waals surface area (Å²) in [5.41, 5.74) is 1.73. The van der Waals surface area contributed by atoms with E-state index in [4.69, 9.17) is 11.6 Å². The second-order valence-corrected chi connectivity index (χ2v) is 4.95. The summed E-state index contributed by atoms with van der Waals surface area (Å²) in [4.78, 5) is 0. The fourth-order valence-corrected chi connectivity index (χ4v) is 1.79. The van der Waals surface area contributed by atoms with Crippen molar-refractivity contribution >= 4 is 11.6 Å². The molecule has 94 valence electrons. The molecule has 0 bridgehead atoms. The van der Waals surface area contributed by atoms with Gasteiger partial charge in [-0.05, 0) is 31.9 Å². The summed E-state index contributed by atoms with van der Waals surface area (Å²) in [5.74, 6) is 0.681. The van der Waals surface area contributed by atoms with Crippen molar-refractivity contribution in [2.45, 2.75) is 32.4 Å². The summed E-state index contributed by atoms with van der Waals surface area (Å²) in [7, 11) is 0. The predicted octanol–water partition coefficient (Wildman–Crippen LogP) is 1.88. The smallest absolute Gasteiger partial charge is 0.175 e. The summed E-state index contributed by atoms with van der Waals surface area (Å²) in [6, 6.07) is 4.54. The molecule has 0 amide bonds. The number of nitrogens with one attached hydrogen (secondary N) is 1. The van der Waals surface area contributed by atoms with Crippen LogP contribution < -0.4 is 5.32 Å². The fraction of sp³-hybridized carbons (Fsp3) is 0.417. The highest BCUT2D eigenvalue weighted by Gasteiger charge is 2.20. The van der Waals surface area contributed by atoms with Crippen LogP contribution in [0.2, 0.25) is 5.02 Å². The molecule has 0 aromatic carbocycles. The van der Waals surface area contributed by atoms with Crippen LogP contribution in [0.3, 0.4) is 0 Å². The maximum Gasteiger partial charge on any atom is 0.175 e. The molecule has 1 aliphatic rings. The van der Waals surface area contributed by atoms with Gasteiger partial charge in [-0.2, -0.15) is 10.2 Å². The zero-order valence-corrected chi connectivity index (χ0v) is 10.9. The van der Waals surface area contributed by atoms with E-state index in [1.165, 1.54) is 12.8 Å². The molecule has 2 aromatic heterocycles. The molecule has 1 fully saturated rings. The van der Waals surface area contributed by atoms with Gasteiger partial charge in [0, 0.05) is 12.6 Å². The van der Waals surface area contributed by atoms with E-state index >= 15 is 0 Å². The van der Waals surface area contributed by atoms with Gasteiger partial charge in [0.15, 0.2) is 5.82 Å². The van der Waals surface area contributed by atoms with Gasteiger partial charge in [-0.25, -0.2) is 4.68 Å². The van der Waals surface area contributed by atoms with Crippen molar-refractivity contribution in [3.63, 3.8) is 0 Å². The van der Waals surface area contributed by atoms with E-state index < -0.39 is 0 Å². The average molecular weight is 264 g/mol. The zero-order valence-electron chi connectivity index (χ0n) is 10.1. The van der Waals surface area contributed by atoms with Crippen LogP contribution in [0.15, 0.2) is 18.3 Å². The van der Waals surface area contributed by atoms with E-state index in [-0.39, 0.29) is 0 Å². The quantitative estimate of drug-likeness (QED) is 0.915. The average Bonchev–Trinajstić information content (AvgIpc) is 3.14. The van der Waals surface area contributed by atoms with Crippen LogP contribution in [-0.4, -0.2) is 26.0 Å². The van der Waals surface area contributed by atoms with E-state index in [1.807, 2.05) is 19.1 Å². The highest BCUT2D eigenvalue weighted by atomic mass is 35.5. The number of aryl methyl sites for hydroxylation is 1. The number of nitrogens with zero attached hydrogens (tertiary/aromatic N) is 4. The predicted molar refractivity (Wildman–Crippen MR) is 68.8 cm³/mol. The first-order chi connectivity index (χ1) is 8.72. The van der Waals surface area contributed by atoms with E-state index in [1.54, 1.807) is 10.9 Å². The molecule has 2 heterocycles. The first kappa shape index (κ1) is 11.6. The molecule has 2 aromatic rings. The van der Waals surface area contributed by atoms with Gasteiger partial charge in [-0.15, -0.1) is 5.10 Å². The highest BCUT2D eigenvalue weighted by Crippen LogP contribution is 2.19. The monoisotopic (exact) mass is 263 g/mol. The van der Waals surface area contributed by atoms with Crippen LogP contribution in [0.25, 0.3) is 5.82 Å². The van der Waals surface area contributed by atoms with E-state index in [0.29, 0.717) is 16.9 Å². The number of aromatic nitrogens is 4. The van der Waals surface area contributed by atoms with Gasteiger partial charge in [0.1, 0.15) is 0 Å². The molecule has 3 rings (SSSR count). The molecule has 1 N–H and O–H groups in total. The van der Waals surface area contributed by atoms with Crippen molar-refractivity contribution in [2.75, 3.05) is 0 Å². The molecule has 0 spiro atoms. The lowest BCUT2D eigenvalue weighted by Crippen LogP contribution is -2.16. The second kappa shape index (κ2) is 4.66. The summed E-state index contributed by atoms with van der Waals surface area (Å²) in [6.45, 7) is 2.64. The Hall–Kier alpha value is -1.46. The summed E-state index contributed by atoms with van der Waals surface area (Å²) < 4.78 is 1.64.